The van der Waals surface area contributed by atoms with Crippen LogP contribution in [0.3, 0.4) is 0 Å². The maximum absolute atomic E-state index is 5.42. The van der Waals surface area contributed by atoms with Gasteiger partial charge >= 0.3 is 0 Å². The monoisotopic (exact) mass is 197 g/mol. The Morgan fingerprint density at radius 3 is 2.64 bits per heavy atom. The normalized spacial score (nSPS) is 18.6. The van der Waals surface area contributed by atoms with Gasteiger partial charge in [0, 0.05) is 25.3 Å². The molecule has 1 fully saturated rings. The van der Waals surface area contributed by atoms with Crippen molar-refractivity contribution in [2.75, 3.05) is 32.7 Å². The Bertz CT molecular complexity index is 167. The van der Waals surface area contributed by atoms with Crippen LogP contribution in [-0.2, 0) is 0 Å². The number of rotatable bonds is 5. The molecule has 1 aliphatic heterocycles. The van der Waals surface area contributed by atoms with Gasteiger partial charge in [0.1, 0.15) is 0 Å². The van der Waals surface area contributed by atoms with Crippen LogP contribution in [0.15, 0.2) is 4.99 Å². The van der Waals surface area contributed by atoms with Crippen molar-refractivity contribution in [2.45, 2.75) is 32.6 Å². The Hall–Kier alpha value is -0.410. The van der Waals surface area contributed by atoms with Crippen molar-refractivity contribution in [1.82, 2.24) is 4.90 Å². The SMILES string of the molecule is CCCCN1CCC(=NCCN)CC1. The molecular weight excluding hydrogens is 174 g/mol. The Morgan fingerprint density at radius 2 is 2.07 bits per heavy atom. The lowest BCUT2D eigenvalue weighted by atomic mass is 10.1. The van der Waals surface area contributed by atoms with E-state index in [-0.39, 0.29) is 0 Å². The summed E-state index contributed by atoms with van der Waals surface area (Å²) in [6.07, 6.45) is 4.94. The van der Waals surface area contributed by atoms with Gasteiger partial charge in [-0.3, -0.25) is 4.99 Å². The van der Waals surface area contributed by atoms with Gasteiger partial charge in [0.25, 0.3) is 0 Å². The zero-order valence-corrected chi connectivity index (χ0v) is 9.34. The summed E-state index contributed by atoms with van der Waals surface area (Å²) in [6.45, 7) is 7.40. The average molecular weight is 197 g/mol. The summed E-state index contributed by atoms with van der Waals surface area (Å²) in [7, 11) is 0. The highest BCUT2D eigenvalue weighted by Gasteiger charge is 2.13. The number of likely N-dealkylation sites (tertiary alicyclic amines) is 1. The largest absolute Gasteiger partial charge is 0.329 e. The zero-order chi connectivity index (χ0) is 10.2. The molecule has 82 valence electrons. The predicted molar refractivity (Wildman–Crippen MR) is 61.9 cm³/mol. The molecule has 0 unspecified atom stereocenters. The van der Waals surface area contributed by atoms with Crippen LogP contribution in [-0.4, -0.2) is 43.3 Å². The Kier molecular flexibility index (Phi) is 5.80. The molecule has 0 radical (unpaired) electrons. The standard InChI is InChI=1S/C11H23N3/c1-2-3-8-14-9-4-11(5-10-14)13-7-6-12/h2-10,12H2,1H3. The van der Waals surface area contributed by atoms with Crippen LogP contribution in [0.4, 0.5) is 0 Å². The smallest absolute Gasteiger partial charge is 0.0511 e. The summed E-state index contributed by atoms with van der Waals surface area (Å²) in [5.41, 5.74) is 6.80. The second-order valence-corrected chi connectivity index (χ2v) is 3.93. The van der Waals surface area contributed by atoms with E-state index >= 15 is 0 Å². The lowest BCUT2D eigenvalue weighted by Crippen LogP contribution is -2.34. The van der Waals surface area contributed by atoms with E-state index in [2.05, 4.69) is 16.8 Å². The first kappa shape index (κ1) is 11.7. The third-order valence-electron chi connectivity index (χ3n) is 2.73. The van der Waals surface area contributed by atoms with Crippen molar-refractivity contribution >= 4 is 5.71 Å². The highest BCUT2D eigenvalue weighted by molar-refractivity contribution is 5.85. The number of aliphatic imine (C=N–C) groups is 1. The first-order valence-corrected chi connectivity index (χ1v) is 5.81. The molecule has 2 N–H and O–H groups in total. The van der Waals surface area contributed by atoms with E-state index in [1.807, 2.05) is 0 Å². The van der Waals surface area contributed by atoms with E-state index in [0.717, 1.165) is 19.4 Å². The van der Waals surface area contributed by atoms with Crippen LogP contribution in [0.5, 0.6) is 0 Å². The van der Waals surface area contributed by atoms with Crippen molar-refractivity contribution in [2.24, 2.45) is 10.7 Å². The fourth-order valence-corrected chi connectivity index (χ4v) is 1.80. The van der Waals surface area contributed by atoms with E-state index in [1.165, 1.54) is 38.2 Å². The lowest BCUT2D eigenvalue weighted by Gasteiger charge is -2.27. The van der Waals surface area contributed by atoms with Gasteiger partial charge in [-0.25, -0.2) is 0 Å². The summed E-state index contributed by atoms with van der Waals surface area (Å²) in [5, 5.41) is 0. The third-order valence-corrected chi connectivity index (χ3v) is 2.73. The van der Waals surface area contributed by atoms with Crippen molar-refractivity contribution in [3.63, 3.8) is 0 Å². The summed E-state index contributed by atoms with van der Waals surface area (Å²) < 4.78 is 0. The molecule has 14 heavy (non-hydrogen) atoms. The molecule has 0 saturated carbocycles. The topological polar surface area (TPSA) is 41.6 Å². The number of hydrogen-bond donors (Lipinski definition) is 1. The molecule has 3 heteroatoms. The van der Waals surface area contributed by atoms with Gasteiger partial charge in [0.05, 0.1) is 6.54 Å². The van der Waals surface area contributed by atoms with Gasteiger partial charge in [-0.1, -0.05) is 13.3 Å². The molecular formula is C11H23N3. The van der Waals surface area contributed by atoms with E-state index in [0.29, 0.717) is 6.54 Å². The van der Waals surface area contributed by atoms with E-state index in [1.54, 1.807) is 0 Å². The molecule has 0 aliphatic carbocycles. The number of unbranched alkanes of at least 4 members (excludes halogenated alkanes) is 1. The summed E-state index contributed by atoms with van der Waals surface area (Å²) in [5.74, 6) is 0. The summed E-state index contributed by atoms with van der Waals surface area (Å²) in [4.78, 5) is 7.03. The summed E-state index contributed by atoms with van der Waals surface area (Å²) in [6, 6.07) is 0. The van der Waals surface area contributed by atoms with Gasteiger partial charge in [-0.2, -0.15) is 0 Å². The number of nitrogens with zero attached hydrogens (tertiary/aromatic N) is 2. The maximum atomic E-state index is 5.42. The quantitative estimate of drug-likeness (QED) is 0.721. The molecule has 1 aliphatic rings. The van der Waals surface area contributed by atoms with Gasteiger partial charge in [0.2, 0.25) is 0 Å². The molecule has 0 atom stereocenters. The minimum atomic E-state index is 0.684. The first-order valence-electron chi connectivity index (χ1n) is 5.81. The lowest BCUT2D eigenvalue weighted by molar-refractivity contribution is 0.270. The third kappa shape index (κ3) is 4.20. The van der Waals surface area contributed by atoms with Gasteiger partial charge in [0.15, 0.2) is 0 Å². The molecule has 1 saturated heterocycles. The Balaban J connectivity index is 2.17. The van der Waals surface area contributed by atoms with E-state index < -0.39 is 0 Å². The predicted octanol–water partition coefficient (Wildman–Crippen LogP) is 1.28. The molecule has 0 amide bonds. The maximum Gasteiger partial charge on any atom is 0.0511 e. The molecule has 0 spiro atoms. The van der Waals surface area contributed by atoms with E-state index in [4.69, 9.17) is 5.73 Å². The van der Waals surface area contributed by atoms with Crippen molar-refractivity contribution < 1.29 is 0 Å². The zero-order valence-electron chi connectivity index (χ0n) is 9.34. The van der Waals surface area contributed by atoms with Crippen molar-refractivity contribution in [3.05, 3.63) is 0 Å². The Labute approximate surface area is 87.4 Å². The first-order chi connectivity index (χ1) is 6.86. The fraction of sp³-hybridized carbons (Fsp3) is 0.909. The second-order valence-electron chi connectivity index (χ2n) is 3.93. The van der Waals surface area contributed by atoms with Gasteiger partial charge in [-0.15, -0.1) is 0 Å². The van der Waals surface area contributed by atoms with Crippen LogP contribution < -0.4 is 5.73 Å². The van der Waals surface area contributed by atoms with Crippen LogP contribution in [0.25, 0.3) is 0 Å². The molecule has 1 rings (SSSR count). The average Bonchev–Trinajstić information content (AvgIpc) is 2.25. The number of hydrogen-bond acceptors (Lipinski definition) is 3. The number of nitrogens with two attached hydrogens (primary N) is 1. The fourth-order valence-electron chi connectivity index (χ4n) is 1.80. The molecule has 0 aromatic carbocycles. The molecule has 0 aromatic rings. The highest BCUT2D eigenvalue weighted by atomic mass is 15.1. The Morgan fingerprint density at radius 1 is 1.36 bits per heavy atom. The molecule has 0 bridgehead atoms. The molecule has 1 heterocycles. The summed E-state index contributed by atoms with van der Waals surface area (Å²) >= 11 is 0. The van der Waals surface area contributed by atoms with Gasteiger partial charge < -0.3 is 10.6 Å². The molecule has 3 nitrogen and oxygen atoms in total. The minimum absolute atomic E-state index is 0.684. The number of piperidine rings is 1. The van der Waals surface area contributed by atoms with Crippen LogP contribution >= 0.6 is 0 Å². The van der Waals surface area contributed by atoms with Crippen molar-refractivity contribution in [3.8, 4) is 0 Å². The van der Waals surface area contributed by atoms with Crippen LogP contribution in [0.2, 0.25) is 0 Å². The van der Waals surface area contributed by atoms with Crippen LogP contribution in [0.1, 0.15) is 32.6 Å². The van der Waals surface area contributed by atoms with Crippen LogP contribution in [0, 0.1) is 0 Å². The minimum Gasteiger partial charge on any atom is -0.329 e. The van der Waals surface area contributed by atoms with E-state index in [9.17, 15) is 0 Å². The second kappa shape index (κ2) is 6.96. The van der Waals surface area contributed by atoms with Gasteiger partial charge in [-0.05, 0) is 25.8 Å². The van der Waals surface area contributed by atoms with Crippen molar-refractivity contribution in [1.29, 1.82) is 0 Å². The molecule has 0 aromatic heterocycles. The highest BCUT2D eigenvalue weighted by Crippen LogP contribution is 2.08.